The average Bonchev–Trinajstić information content (AvgIpc) is 2.18. The molecule has 0 aromatic rings. The second-order valence-corrected chi connectivity index (χ2v) is 3.32. The van der Waals surface area contributed by atoms with E-state index >= 15 is 0 Å². The molecule has 3 aliphatic rings. The Labute approximate surface area is 73.0 Å². The highest BCUT2D eigenvalue weighted by Crippen LogP contribution is 2.22. The first-order valence-electron chi connectivity index (χ1n) is 4.40. The van der Waals surface area contributed by atoms with E-state index in [1.54, 1.807) is 14.2 Å². The molecule has 0 N–H and O–H groups in total. The zero-order chi connectivity index (χ0) is 8.55. The van der Waals surface area contributed by atoms with Crippen molar-refractivity contribution in [1.29, 1.82) is 0 Å². The summed E-state index contributed by atoms with van der Waals surface area (Å²) in [6.45, 7) is 4.44. The van der Waals surface area contributed by atoms with Crippen molar-refractivity contribution in [2.45, 2.75) is 12.5 Å². The van der Waals surface area contributed by atoms with Crippen LogP contribution >= 0.6 is 0 Å². The van der Waals surface area contributed by atoms with Gasteiger partial charge in [0, 0.05) is 40.4 Å². The van der Waals surface area contributed by atoms with Crippen LogP contribution in [0.25, 0.3) is 0 Å². The molecule has 0 radical (unpaired) electrons. The zero-order valence-corrected chi connectivity index (χ0v) is 7.69. The molecule has 3 aliphatic heterocycles. The van der Waals surface area contributed by atoms with Crippen LogP contribution in [-0.4, -0.2) is 62.7 Å². The minimum atomic E-state index is 0.137. The van der Waals surface area contributed by atoms with Gasteiger partial charge in [-0.1, -0.05) is 0 Å². The predicted octanol–water partition coefficient (Wildman–Crippen LogP) is -0.437. The van der Waals surface area contributed by atoms with Gasteiger partial charge in [0.25, 0.3) is 0 Å². The van der Waals surface area contributed by atoms with Crippen LogP contribution in [0.2, 0.25) is 0 Å². The van der Waals surface area contributed by atoms with Gasteiger partial charge < -0.3 is 9.47 Å². The highest BCUT2D eigenvalue weighted by Gasteiger charge is 2.40. The minimum Gasteiger partial charge on any atom is -0.362 e. The number of piperazine rings is 3. The number of nitrogens with zero attached hydrogens (tertiary/aromatic N) is 2. The van der Waals surface area contributed by atoms with Crippen molar-refractivity contribution in [3.63, 3.8) is 0 Å². The molecule has 0 aromatic heterocycles. The summed E-state index contributed by atoms with van der Waals surface area (Å²) in [4.78, 5) is 4.68. The predicted molar refractivity (Wildman–Crippen MR) is 44.7 cm³/mol. The largest absolute Gasteiger partial charge is 0.362 e. The molecular formula is C8H16N2O2. The first-order chi connectivity index (χ1) is 5.86. The van der Waals surface area contributed by atoms with Crippen molar-refractivity contribution in [3.05, 3.63) is 0 Å². The summed E-state index contributed by atoms with van der Waals surface area (Å²) < 4.78 is 10.8. The summed E-state index contributed by atoms with van der Waals surface area (Å²) in [5.41, 5.74) is 0. The molecule has 12 heavy (non-hydrogen) atoms. The third-order valence-corrected chi connectivity index (χ3v) is 2.80. The molecule has 4 nitrogen and oxygen atoms in total. The monoisotopic (exact) mass is 172 g/mol. The van der Waals surface area contributed by atoms with Crippen LogP contribution in [0.3, 0.4) is 0 Å². The van der Waals surface area contributed by atoms with Gasteiger partial charge in [0.05, 0.1) is 0 Å². The Bertz CT molecular complexity index is 139. The van der Waals surface area contributed by atoms with Crippen LogP contribution in [0.1, 0.15) is 0 Å². The first-order valence-corrected chi connectivity index (χ1v) is 4.40. The molecule has 0 unspecified atom stereocenters. The fourth-order valence-electron chi connectivity index (χ4n) is 2.14. The van der Waals surface area contributed by atoms with Gasteiger partial charge in [-0.3, -0.25) is 9.80 Å². The standard InChI is InChI=1S/C8H16N2O2/c1-11-7-8(12-2)10-5-3-9(7)4-6-10/h7-8H,3-6H2,1-2H3/t7-,8-/m1/s1. The maximum Gasteiger partial charge on any atom is 0.150 e. The highest BCUT2D eigenvalue weighted by atomic mass is 16.6. The van der Waals surface area contributed by atoms with E-state index in [1.165, 1.54) is 0 Å². The Kier molecular flexibility index (Phi) is 2.32. The van der Waals surface area contributed by atoms with E-state index in [9.17, 15) is 0 Å². The molecule has 0 spiro atoms. The van der Waals surface area contributed by atoms with Crippen molar-refractivity contribution in [1.82, 2.24) is 9.80 Å². The molecular weight excluding hydrogens is 156 g/mol. The van der Waals surface area contributed by atoms with Crippen molar-refractivity contribution in [2.75, 3.05) is 40.4 Å². The smallest absolute Gasteiger partial charge is 0.150 e. The molecule has 0 amide bonds. The van der Waals surface area contributed by atoms with Gasteiger partial charge in [-0.15, -0.1) is 0 Å². The van der Waals surface area contributed by atoms with Gasteiger partial charge in [-0.2, -0.15) is 0 Å². The molecule has 3 rings (SSSR count). The van der Waals surface area contributed by atoms with Crippen LogP contribution in [0, 0.1) is 0 Å². The lowest BCUT2D eigenvalue weighted by atomic mass is 10.2. The summed E-state index contributed by atoms with van der Waals surface area (Å²) >= 11 is 0. The number of ether oxygens (including phenoxy) is 2. The zero-order valence-electron chi connectivity index (χ0n) is 7.69. The quantitative estimate of drug-likeness (QED) is 0.564. The van der Waals surface area contributed by atoms with Crippen LogP contribution < -0.4 is 0 Å². The van der Waals surface area contributed by atoms with E-state index < -0.39 is 0 Å². The molecule has 0 aromatic carbocycles. The maximum atomic E-state index is 5.39. The van der Waals surface area contributed by atoms with Crippen LogP contribution in [0.15, 0.2) is 0 Å². The molecule has 2 atom stereocenters. The number of rotatable bonds is 2. The molecule has 4 heteroatoms. The van der Waals surface area contributed by atoms with Gasteiger partial charge in [0.15, 0.2) is 0 Å². The Hall–Kier alpha value is -0.160. The lowest BCUT2D eigenvalue weighted by molar-refractivity contribution is -0.230. The summed E-state index contributed by atoms with van der Waals surface area (Å²) in [6, 6.07) is 0. The Morgan fingerprint density at radius 2 is 1.17 bits per heavy atom. The van der Waals surface area contributed by atoms with Crippen LogP contribution in [0.5, 0.6) is 0 Å². The fourth-order valence-corrected chi connectivity index (χ4v) is 2.14. The number of fused-ring (bicyclic) bond motifs is 3. The molecule has 0 aliphatic carbocycles. The Balaban J connectivity index is 2.10. The van der Waals surface area contributed by atoms with E-state index in [2.05, 4.69) is 9.80 Å². The van der Waals surface area contributed by atoms with Gasteiger partial charge in [0.2, 0.25) is 0 Å². The van der Waals surface area contributed by atoms with E-state index in [0.717, 1.165) is 26.2 Å². The van der Waals surface area contributed by atoms with E-state index in [1.807, 2.05) is 0 Å². The van der Waals surface area contributed by atoms with Crippen molar-refractivity contribution >= 4 is 0 Å². The normalized spacial score (nSPS) is 46.5. The molecule has 3 fully saturated rings. The topological polar surface area (TPSA) is 24.9 Å². The van der Waals surface area contributed by atoms with Gasteiger partial charge >= 0.3 is 0 Å². The summed E-state index contributed by atoms with van der Waals surface area (Å²) in [7, 11) is 3.50. The minimum absolute atomic E-state index is 0.137. The third kappa shape index (κ3) is 1.15. The fraction of sp³-hybridized carbons (Fsp3) is 1.00. The average molecular weight is 172 g/mol. The number of hydrogen-bond donors (Lipinski definition) is 0. The lowest BCUT2D eigenvalue weighted by Gasteiger charge is -2.51. The summed E-state index contributed by atoms with van der Waals surface area (Å²) in [6.07, 6.45) is 0.273. The molecule has 2 bridgehead atoms. The molecule has 0 saturated carbocycles. The Morgan fingerprint density at radius 1 is 0.833 bits per heavy atom. The van der Waals surface area contributed by atoms with Gasteiger partial charge in [0.1, 0.15) is 12.5 Å². The van der Waals surface area contributed by atoms with E-state index in [4.69, 9.17) is 9.47 Å². The number of hydrogen-bond acceptors (Lipinski definition) is 4. The summed E-state index contributed by atoms with van der Waals surface area (Å²) in [5.74, 6) is 0. The van der Waals surface area contributed by atoms with Crippen LogP contribution in [0.4, 0.5) is 0 Å². The molecule has 70 valence electrons. The second-order valence-electron chi connectivity index (χ2n) is 3.32. The van der Waals surface area contributed by atoms with Crippen molar-refractivity contribution in [2.24, 2.45) is 0 Å². The maximum absolute atomic E-state index is 5.39. The van der Waals surface area contributed by atoms with Crippen molar-refractivity contribution in [3.8, 4) is 0 Å². The lowest BCUT2D eigenvalue weighted by Crippen LogP contribution is -2.67. The SMILES string of the molecule is CO[C@@H]1[C@@H](OC)N2CCN1CC2. The highest BCUT2D eigenvalue weighted by molar-refractivity contribution is 4.87. The van der Waals surface area contributed by atoms with E-state index in [0.29, 0.717) is 0 Å². The third-order valence-electron chi connectivity index (χ3n) is 2.80. The molecule has 3 heterocycles. The Morgan fingerprint density at radius 3 is 1.42 bits per heavy atom. The summed E-state index contributed by atoms with van der Waals surface area (Å²) in [5, 5.41) is 0. The van der Waals surface area contributed by atoms with E-state index in [-0.39, 0.29) is 12.5 Å². The first kappa shape index (κ1) is 8.44. The van der Waals surface area contributed by atoms with Gasteiger partial charge in [-0.05, 0) is 0 Å². The van der Waals surface area contributed by atoms with Gasteiger partial charge in [-0.25, -0.2) is 0 Å². The van der Waals surface area contributed by atoms with Crippen LogP contribution in [-0.2, 0) is 9.47 Å². The van der Waals surface area contributed by atoms with Crippen molar-refractivity contribution < 1.29 is 9.47 Å². The number of methoxy groups -OCH3 is 2. The molecule has 3 saturated heterocycles. The second kappa shape index (κ2) is 3.30.